The molecule has 5 aromatic rings. The summed E-state index contributed by atoms with van der Waals surface area (Å²) >= 11 is 1.46. The minimum absolute atomic E-state index is 0.163. The Labute approximate surface area is 235 Å². The van der Waals surface area contributed by atoms with Gasteiger partial charge in [-0.25, -0.2) is 10.1 Å². The van der Waals surface area contributed by atoms with E-state index in [1.807, 2.05) is 73.8 Å². The number of hydrogen-bond donors (Lipinski definition) is 3. The minimum Gasteiger partial charge on any atom is -0.368 e. The van der Waals surface area contributed by atoms with Gasteiger partial charge in [0, 0.05) is 42.1 Å². The van der Waals surface area contributed by atoms with Crippen molar-refractivity contribution < 1.29 is 4.79 Å². The monoisotopic (exact) mass is 551 g/mol. The Kier molecular flexibility index (Phi) is 7.02. The molecule has 9 nitrogen and oxygen atoms in total. The molecule has 1 aliphatic rings. The van der Waals surface area contributed by atoms with Crippen LogP contribution in [0.5, 0.6) is 0 Å². The number of aromatic nitrogens is 3. The molecule has 3 N–H and O–H groups in total. The summed E-state index contributed by atoms with van der Waals surface area (Å²) in [5.41, 5.74) is 3.96. The second-order valence-electron chi connectivity index (χ2n) is 9.89. The van der Waals surface area contributed by atoms with Gasteiger partial charge in [-0.2, -0.15) is 5.10 Å². The SMILES string of the molecule is Cc1c(NC(=O)c2cc3ccccc3s2)cccc1-c1cc(Nc2ccc(N3CCN(C)CC3)cn2)c(=O)[nH]n1. The lowest BCUT2D eigenvalue weighted by molar-refractivity contribution is 0.103. The van der Waals surface area contributed by atoms with E-state index in [0.29, 0.717) is 27.8 Å². The Morgan fingerprint density at radius 3 is 2.58 bits per heavy atom. The van der Waals surface area contributed by atoms with Crippen LogP contribution in [0.4, 0.5) is 22.9 Å². The number of nitrogens with zero attached hydrogens (tertiary/aromatic N) is 4. The number of pyridine rings is 1. The molecule has 0 spiro atoms. The molecule has 3 aromatic heterocycles. The molecule has 10 heteroatoms. The summed E-state index contributed by atoms with van der Waals surface area (Å²) in [6.07, 6.45) is 1.83. The molecule has 1 aliphatic heterocycles. The first-order valence-electron chi connectivity index (χ1n) is 13.1. The van der Waals surface area contributed by atoms with Crippen LogP contribution < -0.4 is 21.1 Å². The second kappa shape index (κ2) is 10.9. The third-order valence-corrected chi connectivity index (χ3v) is 8.30. The fourth-order valence-corrected chi connectivity index (χ4v) is 5.77. The molecule has 1 saturated heterocycles. The largest absolute Gasteiger partial charge is 0.368 e. The van der Waals surface area contributed by atoms with Crippen LogP contribution in [0, 0.1) is 6.92 Å². The van der Waals surface area contributed by atoms with Gasteiger partial charge in [-0.05, 0) is 61.3 Å². The number of nitrogens with one attached hydrogen (secondary N) is 3. The second-order valence-corrected chi connectivity index (χ2v) is 11.0. The molecule has 6 rings (SSSR count). The average molecular weight is 552 g/mol. The van der Waals surface area contributed by atoms with Gasteiger partial charge >= 0.3 is 0 Å². The zero-order chi connectivity index (χ0) is 27.6. The summed E-state index contributed by atoms with van der Waals surface area (Å²) in [5, 5.41) is 14.1. The first kappa shape index (κ1) is 25.7. The maximum Gasteiger partial charge on any atom is 0.287 e. The molecule has 0 bridgehead atoms. The Morgan fingerprint density at radius 1 is 0.975 bits per heavy atom. The van der Waals surface area contributed by atoms with Crippen molar-refractivity contribution in [2.24, 2.45) is 0 Å². The number of carbonyl (C=O) groups is 1. The predicted octanol–water partition coefficient (Wildman–Crippen LogP) is 5.10. The van der Waals surface area contributed by atoms with Gasteiger partial charge in [-0.15, -0.1) is 11.3 Å². The molecular weight excluding hydrogens is 522 g/mol. The summed E-state index contributed by atoms with van der Waals surface area (Å²) in [6.45, 7) is 5.88. The van der Waals surface area contributed by atoms with Crippen LogP contribution >= 0.6 is 11.3 Å². The average Bonchev–Trinajstić information content (AvgIpc) is 3.41. The topological polar surface area (TPSA) is 106 Å². The highest BCUT2D eigenvalue weighted by Gasteiger charge is 2.16. The van der Waals surface area contributed by atoms with E-state index in [4.69, 9.17) is 0 Å². The van der Waals surface area contributed by atoms with Gasteiger partial charge < -0.3 is 20.4 Å². The van der Waals surface area contributed by atoms with E-state index in [1.54, 1.807) is 6.07 Å². The van der Waals surface area contributed by atoms with Gasteiger partial charge in [0.15, 0.2) is 0 Å². The van der Waals surface area contributed by atoms with Crippen molar-refractivity contribution in [1.29, 1.82) is 0 Å². The number of benzene rings is 2. The van der Waals surface area contributed by atoms with Crippen molar-refractivity contribution in [2.75, 3.05) is 48.8 Å². The van der Waals surface area contributed by atoms with Crippen LogP contribution in [0.3, 0.4) is 0 Å². The third kappa shape index (κ3) is 5.31. The van der Waals surface area contributed by atoms with Crippen molar-refractivity contribution in [3.8, 4) is 11.3 Å². The van der Waals surface area contributed by atoms with Gasteiger partial charge in [-0.3, -0.25) is 9.59 Å². The summed E-state index contributed by atoms with van der Waals surface area (Å²) in [5.74, 6) is 0.408. The number of hydrogen-bond acceptors (Lipinski definition) is 8. The fraction of sp³-hybridized carbons (Fsp3) is 0.200. The highest BCUT2D eigenvalue weighted by Crippen LogP contribution is 2.30. The molecule has 1 fully saturated rings. The van der Waals surface area contributed by atoms with Gasteiger partial charge in [0.1, 0.15) is 11.5 Å². The fourth-order valence-electron chi connectivity index (χ4n) is 4.81. The van der Waals surface area contributed by atoms with Crippen LogP contribution in [0.25, 0.3) is 21.3 Å². The van der Waals surface area contributed by atoms with Crippen molar-refractivity contribution in [2.45, 2.75) is 6.92 Å². The summed E-state index contributed by atoms with van der Waals surface area (Å²) < 4.78 is 1.07. The molecule has 1 amide bonds. The smallest absolute Gasteiger partial charge is 0.287 e. The minimum atomic E-state index is -0.347. The molecule has 2 aromatic carbocycles. The summed E-state index contributed by atoms with van der Waals surface area (Å²) in [6, 6.07) is 21.1. The lowest BCUT2D eigenvalue weighted by Gasteiger charge is -2.33. The standard InChI is InChI=1S/C30H29N7O2S/c1-19-22(7-5-8-23(19)33-30(39)27-16-20-6-3-4-9-26(20)40-27)24-17-25(29(38)35-34-24)32-28-11-10-21(18-31-28)37-14-12-36(2)13-15-37/h3-11,16-18H,12-15H2,1-2H3,(H,33,39)(H,35,38)(H,31,32,34). The van der Waals surface area contributed by atoms with E-state index in [1.165, 1.54) is 11.3 Å². The molecular formula is C30H29N7O2S. The summed E-state index contributed by atoms with van der Waals surface area (Å²) in [4.78, 5) is 35.4. The van der Waals surface area contributed by atoms with Crippen molar-refractivity contribution in [3.63, 3.8) is 0 Å². The molecule has 4 heterocycles. The van der Waals surface area contributed by atoms with E-state index in [-0.39, 0.29) is 11.5 Å². The van der Waals surface area contributed by atoms with Crippen LogP contribution in [0.2, 0.25) is 0 Å². The normalized spacial score (nSPS) is 13.9. The quantitative estimate of drug-likeness (QED) is 0.270. The lowest BCUT2D eigenvalue weighted by Crippen LogP contribution is -2.44. The van der Waals surface area contributed by atoms with E-state index >= 15 is 0 Å². The van der Waals surface area contributed by atoms with Crippen molar-refractivity contribution in [3.05, 3.63) is 93.7 Å². The Balaban J connectivity index is 1.20. The molecule has 0 aliphatic carbocycles. The highest BCUT2D eigenvalue weighted by molar-refractivity contribution is 7.20. The first-order chi connectivity index (χ1) is 19.4. The van der Waals surface area contributed by atoms with Gasteiger partial charge in [0.25, 0.3) is 11.5 Å². The lowest BCUT2D eigenvalue weighted by atomic mass is 10.0. The zero-order valence-electron chi connectivity index (χ0n) is 22.3. The third-order valence-electron chi connectivity index (χ3n) is 7.19. The van der Waals surface area contributed by atoms with Crippen molar-refractivity contribution >= 4 is 50.2 Å². The van der Waals surface area contributed by atoms with Crippen molar-refractivity contribution in [1.82, 2.24) is 20.1 Å². The predicted molar refractivity (Wildman–Crippen MR) is 162 cm³/mol. The molecule has 0 atom stereocenters. The van der Waals surface area contributed by atoms with Gasteiger partial charge in [0.05, 0.1) is 22.5 Å². The number of rotatable bonds is 6. The van der Waals surface area contributed by atoms with E-state index < -0.39 is 0 Å². The van der Waals surface area contributed by atoms with E-state index in [2.05, 4.69) is 42.7 Å². The molecule has 0 radical (unpaired) electrons. The molecule has 0 saturated carbocycles. The number of piperazine rings is 1. The first-order valence-corrected chi connectivity index (χ1v) is 13.9. The van der Waals surface area contributed by atoms with Gasteiger partial charge in [-0.1, -0.05) is 30.3 Å². The van der Waals surface area contributed by atoms with Crippen LogP contribution in [0.1, 0.15) is 15.2 Å². The Hall–Kier alpha value is -4.54. The number of aromatic amines is 1. The van der Waals surface area contributed by atoms with Crippen LogP contribution in [-0.4, -0.2) is 59.2 Å². The van der Waals surface area contributed by atoms with Crippen LogP contribution in [0.15, 0.2) is 77.7 Å². The molecule has 0 unspecified atom stereocenters. The Morgan fingerprint density at radius 2 is 1.80 bits per heavy atom. The maximum absolute atomic E-state index is 13.0. The number of carbonyl (C=O) groups excluding carboxylic acids is 1. The number of amides is 1. The number of fused-ring (bicyclic) bond motifs is 1. The highest BCUT2D eigenvalue weighted by atomic mass is 32.1. The number of anilines is 4. The summed E-state index contributed by atoms with van der Waals surface area (Å²) in [7, 11) is 2.13. The molecule has 40 heavy (non-hydrogen) atoms. The van der Waals surface area contributed by atoms with Gasteiger partial charge in [0.2, 0.25) is 0 Å². The van der Waals surface area contributed by atoms with E-state index in [9.17, 15) is 9.59 Å². The number of thiophene rings is 1. The maximum atomic E-state index is 13.0. The number of H-pyrrole nitrogens is 1. The van der Waals surface area contributed by atoms with Crippen LogP contribution in [-0.2, 0) is 0 Å². The van der Waals surface area contributed by atoms with E-state index in [0.717, 1.165) is 53.1 Å². The Bertz CT molecular complexity index is 1700. The number of likely N-dealkylation sites (N-methyl/N-ethyl adjacent to an activating group) is 1. The zero-order valence-corrected chi connectivity index (χ0v) is 23.1. The molecule has 202 valence electrons.